The van der Waals surface area contributed by atoms with Crippen molar-refractivity contribution in [3.8, 4) is 11.8 Å². The standard InChI is InChI=1S/C16H15N3O2/c17-8-9-21-15-6-4-14(5-7-15)19-16(20)13-3-1-2-12(10-13)11-18/h1-7,10H,8-9,17H2,(H,19,20). The van der Waals surface area contributed by atoms with Crippen LogP contribution >= 0.6 is 0 Å². The maximum Gasteiger partial charge on any atom is 0.255 e. The van der Waals surface area contributed by atoms with E-state index in [0.29, 0.717) is 35.7 Å². The lowest BCUT2D eigenvalue weighted by molar-refractivity contribution is 0.102. The molecule has 0 saturated heterocycles. The van der Waals surface area contributed by atoms with Gasteiger partial charge in [0.2, 0.25) is 0 Å². The van der Waals surface area contributed by atoms with Crippen LogP contribution in [0.1, 0.15) is 15.9 Å². The summed E-state index contributed by atoms with van der Waals surface area (Å²) in [4.78, 5) is 12.1. The average Bonchev–Trinajstić information content (AvgIpc) is 2.54. The van der Waals surface area contributed by atoms with Crippen LogP contribution in [-0.2, 0) is 0 Å². The quantitative estimate of drug-likeness (QED) is 0.879. The zero-order valence-corrected chi connectivity index (χ0v) is 11.4. The monoisotopic (exact) mass is 281 g/mol. The molecular formula is C16H15N3O2. The third-order valence-electron chi connectivity index (χ3n) is 2.75. The molecule has 0 saturated carbocycles. The van der Waals surface area contributed by atoms with Gasteiger partial charge in [-0.05, 0) is 42.5 Å². The fraction of sp³-hybridized carbons (Fsp3) is 0.125. The summed E-state index contributed by atoms with van der Waals surface area (Å²) < 4.78 is 5.36. The first-order valence-corrected chi connectivity index (χ1v) is 6.47. The maximum absolute atomic E-state index is 12.1. The van der Waals surface area contributed by atoms with Gasteiger partial charge in [0.1, 0.15) is 12.4 Å². The molecule has 2 aromatic carbocycles. The van der Waals surface area contributed by atoms with Crippen LogP contribution in [0.15, 0.2) is 48.5 Å². The number of anilines is 1. The largest absolute Gasteiger partial charge is 0.492 e. The second-order valence-corrected chi connectivity index (χ2v) is 4.31. The van der Waals surface area contributed by atoms with E-state index in [-0.39, 0.29) is 5.91 Å². The molecule has 2 rings (SSSR count). The molecule has 0 spiro atoms. The number of carbonyl (C=O) groups excluding carboxylic acids is 1. The maximum atomic E-state index is 12.1. The van der Waals surface area contributed by atoms with Crippen molar-refractivity contribution >= 4 is 11.6 Å². The minimum absolute atomic E-state index is 0.261. The van der Waals surface area contributed by atoms with Gasteiger partial charge >= 0.3 is 0 Å². The van der Waals surface area contributed by atoms with E-state index in [4.69, 9.17) is 15.7 Å². The van der Waals surface area contributed by atoms with Gasteiger partial charge in [0.25, 0.3) is 5.91 Å². The molecule has 3 N–H and O–H groups in total. The van der Waals surface area contributed by atoms with Crippen LogP contribution in [-0.4, -0.2) is 19.1 Å². The van der Waals surface area contributed by atoms with Crippen molar-refractivity contribution < 1.29 is 9.53 Å². The molecule has 0 bridgehead atoms. The molecular weight excluding hydrogens is 266 g/mol. The zero-order valence-electron chi connectivity index (χ0n) is 11.4. The summed E-state index contributed by atoms with van der Waals surface area (Å²) in [5.74, 6) is 0.438. The number of hydrogen-bond acceptors (Lipinski definition) is 4. The lowest BCUT2D eigenvalue weighted by Gasteiger charge is -2.08. The average molecular weight is 281 g/mol. The minimum atomic E-state index is -0.261. The van der Waals surface area contributed by atoms with Gasteiger partial charge in [-0.15, -0.1) is 0 Å². The van der Waals surface area contributed by atoms with Crippen LogP contribution in [0.3, 0.4) is 0 Å². The Bertz CT molecular complexity index is 660. The van der Waals surface area contributed by atoms with Crippen LogP contribution < -0.4 is 15.8 Å². The van der Waals surface area contributed by atoms with Crippen LogP contribution in [0.5, 0.6) is 5.75 Å². The molecule has 0 aliphatic rings. The predicted octanol–water partition coefficient (Wildman–Crippen LogP) is 2.15. The molecule has 5 nitrogen and oxygen atoms in total. The van der Waals surface area contributed by atoms with Crippen molar-refractivity contribution in [2.75, 3.05) is 18.5 Å². The summed E-state index contributed by atoms with van der Waals surface area (Å²) in [5, 5.41) is 11.6. The summed E-state index contributed by atoms with van der Waals surface area (Å²) in [6.45, 7) is 0.903. The number of nitrogens with two attached hydrogens (primary N) is 1. The molecule has 0 atom stereocenters. The Labute approximate surface area is 123 Å². The number of nitriles is 1. The molecule has 0 aromatic heterocycles. The molecule has 1 amide bonds. The van der Waals surface area contributed by atoms with E-state index in [9.17, 15) is 4.79 Å². The highest BCUT2D eigenvalue weighted by molar-refractivity contribution is 6.04. The highest BCUT2D eigenvalue weighted by atomic mass is 16.5. The molecule has 2 aromatic rings. The second kappa shape index (κ2) is 7.08. The highest BCUT2D eigenvalue weighted by Gasteiger charge is 2.06. The first kappa shape index (κ1) is 14.6. The second-order valence-electron chi connectivity index (χ2n) is 4.31. The Kier molecular flexibility index (Phi) is 4.91. The SMILES string of the molecule is N#Cc1cccc(C(=O)Nc2ccc(OCCN)cc2)c1. The molecule has 0 aliphatic carbocycles. The van der Waals surface area contributed by atoms with Crippen LogP contribution in [0.4, 0.5) is 5.69 Å². The van der Waals surface area contributed by atoms with E-state index >= 15 is 0 Å². The van der Waals surface area contributed by atoms with Gasteiger partial charge in [-0.1, -0.05) is 6.07 Å². The Hall–Kier alpha value is -2.84. The van der Waals surface area contributed by atoms with E-state index in [1.165, 1.54) is 0 Å². The Morgan fingerprint density at radius 3 is 2.67 bits per heavy atom. The Morgan fingerprint density at radius 1 is 1.24 bits per heavy atom. The van der Waals surface area contributed by atoms with Crippen LogP contribution in [0.2, 0.25) is 0 Å². The third kappa shape index (κ3) is 4.06. The van der Waals surface area contributed by atoms with Gasteiger partial charge in [0.15, 0.2) is 0 Å². The molecule has 106 valence electrons. The van der Waals surface area contributed by atoms with Gasteiger partial charge in [0.05, 0.1) is 11.6 Å². The van der Waals surface area contributed by atoms with Crippen LogP contribution in [0, 0.1) is 11.3 Å². The molecule has 0 unspecified atom stereocenters. The van der Waals surface area contributed by atoms with Gasteiger partial charge in [-0.3, -0.25) is 4.79 Å². The molecule has 0 radical (unpaired) electrons. The minimum Gasteiger partial charge on any atom is -0.492 e. The number of benzene rings is 2. The number of carbonyl (C=O) groups is 1. The topological polar surface area (TPSA) is 88.1 Å². The summed E-state index contributed by atoms with van der Waals surface area (Å²) in [5.41, 5.74) is 6.90. The number of nitrogens with zero attached hydrogens (tertiary/aromatic N) is 1. The fourth-order valence-corrected chi connectivity index (χ4v) is 1.74. The Balaban J connectivity index is 2.03. The third-order valence-corrected chi connectivity index (χ3v) is 2.75. The van der Waals surface area contributed by atoms with E-state index in [1.54, 1.807) is 48.5 Å². The van der Waals surface area contributed by atoms with Gasteiger partial charge in [0, 0.05) is 17.8 Å². The number of hydrogen-bond donors (Lipinski definition) is 2. The smallest absolute Gasteiger partial charge is 0.255 e. The highest BCUT2D eigenvalue weighted by Crippen LogP contribution is 2.16. The molecule has 21 heavy (non-hydrogen) atoms. The predicted molar refractivity (Wildman–Crippen MR) is 80.1 cm³/mol. The molecule has 0 fully saturated rings. The fourth-order valence-electron chi connectivity index (χ4n) is 1.74. The number of amides is 1. The lowest BCUT2D eigenvalue weighted by Crippen LogP contribution is -2.12. The lowest BCUT2D eigenvalue weighted by atomic mass is 10.1. The van der Waals surface area contributed by atoms with E-state index in [1.807, 2.05) is 6.07 Å². The van der Waals surface area contributed by atoms with Crippen molar-refractivity contribution in [3.63, 3.8) is 0 Å². The number of nitrogens with one attached hydrogen (secondary N) is 1. The Morgan fingerprint density at radius 2 is 2.00 bits per heavy atom. The van der Waals surface area contributed by atoms with Crippen molar-refractivity contribution in [1.82, 2.24) is 0 Å². The first-order valence-electron chi connectivity index (χ1n) is 6.47. The van der Waals surface area contributed by atoms with Crippen LogP contribution in [0.25, 0.3) is 0 Å². The van der Waals surface area contributed by atoms with Crippen molar-refractivity contribution in [2.24, 2.45) is 5.73 Å². The van der Waals surface area contributed by atoms with Crippen molar-refractivity contribution in [2.45, 2.75) is 0 Å². The van der Waals surface area contributed by atoms with E-state index in [2.05, 4.69) is 5.32 Å². The number of rotatable bonds is 5. The van der Waals surface area contributed by atoms with Gasteiger partial charge < -0.3 is 15.8 Å². The summed E-state index contributed by atoms with van der Waals surface area (Å²) in [6, 6.07) is 15.6. The molecule has 0 heterocycles. The van der Waals surface area contributed by atoms with Gasteiger partial charge in [-0.2, -0.15) is 5.26 Å². The van der Waals surface area contributed by atoms with Crippen molar-refractivity contribution in [1.29, 1.82) is 5.26 Å². The van der Waals surface area contributed by atoms with Gasteiger partial charge in [-0.25, -0.2) is 0 Å². The number of ether oxygens (including phenoxy) is 1. The molecule has 0 aliphatic heterocycles. The van der Waals surface area contributed by atoms with E-state index in [0.717, 1.165) is 0 Å². The molecule has 5 heteroatoms. The normalized spacial score (nSPS) is 9.71. The zero-order chi connectivity index (χ0) is 15.1. The van der Waals surface area contributed by atoms with Crippen molar-refractivity contribution in [3.05, 3.63) is 59.7 Å². The van der Waals surface area contributed by atoms with E-state index < -0.39 is 0 Å². The summed E-state index contributed by atoms with van der Waals surface area (Å²) in [7, 11) is 0. The summed E-state index contributed by atoms with van der Waals surface area (Å²) in [6.07, 6.45) is 0. The first-order chi connectivity index (χ1) is 10.2. The summed E-state index contributed by atoms with van der Waals surface area (Å²) >= 11 is 0.